The normalized spacial score (nSPS) is 12.6. The molecule has 0 fully saturated rings. The molecule has 2 aromatic heterocycles. The van der Waals surface area contributed by atoms with Crippen LogP contribution >= 0.6 is 11.3 Å². The summed E-state index contributed by atoms with van der Waals surface area (Å²) in [6, 6.07) is 0.517. The molecule has 2 heterocycles. The molecular weight excluding hydrogens is 274 g/mol. The fourth-order valence-corrected chi connectivity index (χ4v) is 2.48. The lowest BCUT2D eigenvalue weighted by Crippen LogP contribution is -2.19. The van der Waals surface area contributed by atoms with Crippen LogP contribution in [0.25, 0.3) is 0 Å². The lowest BCUT2D eigenvalue weighted by molar-refractivity contribution is 0.423. The summed E-state index contributed by atoms with van der Waals surface area (Å²) in [6.07, 6.45) is 4.01. The van der Waals surface area contributed by atoms with Gasteiger partial charge in [-0.25, -0.2) is 4.98 Å². The van der Waals surface area contributed by atoms with Crippen molar-refractivity contribution in [2.75, 3.05) is 11.9 Å². The Labute approximate surface area is 123 Å². The van der Waals surface area contributed by atoms with Gasteiger partial charge in [-0.1, -0.05) is 18.9 Å². The maximum Gasteiger partial charge on any atom is 0.315 e. The average molecular weight is 295 g/mol. The summed E-state index contributed by atoms with van der Waals surface area (Å²) in [6.45, 7) is 7.81. The van der Waals surface area contributed by atoms with Crippen LogP contribution in [0.4, 0.5) is 6.01 Å². The minimum atomic E-state index is 0.0737. The summed E-state index contributed by atoms with van der Waals surface area (Å²) in [5.74, 6) is 0.606. The summed E-state index contributed by atoms with van der Waals surface area (Å²) in [5.41, 5.74) is 0. The van der Waals surface area contributed by atoms with E-state index in [1.54, 1.807) is 11.3 Å². The van der Waals surface area contributed by atoms with Crippen molar-refractivity contribution in [3.63, 3.8) is 0 Å². The fraction of sp³-hybridized carbons (Fsp3) is 0.615. The zero-order chi connectivity index (χ0) is 14.4. The van der Waals surface area contributed by atoms with E-state index in [1.165, 1.54) is 4.88 Å². The van der Waals surface area contributed by atoms with Gasteiger partial charge in [-0.2, -0.15) is 0 Å². The molecule has 0 saturated heterocycles. The van der Waals surface area contributed by atoms with Gasteiger partial charge in [0.1, 0.15) is 5.01 Å². The molecule has 0 spiro atoms. The summed E-state index contributed by atoms with van der Waals surface area (Å²) >= 11 is 1.70. The van der Waals surface area contributed by atoms with Gasteiger partial charge in [0.05, 0.1) is 12.6 Å². The second-order valence-electron chi connectivity index (χ2n) is 4.55. The fourth-order valence-electron chi connectivity index (χ4n) is 1.67. The van der Waals surface area contributed by atoms with Gasteiger partial charge in [0.25, 0.3) is 0 Å². The molecule has 2 N–H and O–H groups in total. The van der Waals surface area contributed by atoms with Crippen LogP contribution < -0.4 is 10.6 Å². The third-order valence-corrected chi connectivity index (χ3v) is 3.99. The molecular formula is C13H21N5OS. The number of aromatic nitrogens is 3. The lowest BCUT2D eigenvalue weighted by Gasteiger charge is -2.07. The Balaban J connectivity index is 1.86. The van der Waals surface area contributed by atoms with Gasteiger partial charge >= 0.3 is 6.01 Å². The Morgan fingerprint density at radius 2 is 2.20 bits per heavy atom. The quantitative estimate of drug-likeness (QED) is 0.780. The van der Waals surface area contributed by atoms with Gasteiger partial charge in [-0.15, -0.1) is 16.4 Å². The highest BCUT2D eigenvalue weighted by molar-refractivity contribution is 7.11. The number of hydrogen-bond acceptors (Lipinski definition) is 7. The van der Waals surface area contributed by atoms with E-state index in [0.29, 0.717) is 18.5 Å². The molecule has 1 unspecified atom stereocenters. The number of aryl methyl sites for hydroxylation is 1. The topological polar surface area (TPSA) is 75.9 Å². The molecule has 2 aromatic rings. The minimum Gasteiger partial charge on any atom is -0.406 e. The minimum absolute atomic E-state index is 0.0737. The van der Waals surface area contributed by atoms with Crippen LogP contribution in [0.3, 0.4) is 0 Å². The Hall–Kier alpha value is -1.47. The third kappa shape index (κ3) is 4.01. The van der Waals surface area contributed by atoms with Crippen molar-refractivity contribution in [3.05, 3.63) is 22.0 Å². The summed E-state index contributed by atoms with van der Waals surface area (Å²) in [4.78, 5) is 5.62. The molecule has 20 heavy (non-hydrogen) atoms. The SMILES string of the molecule is CCCNC(C)c1nnc(NCc2ncc(CC)s2)o1. The molecule has 0 aliphatic heterocycles. The number of thiazole rings is 1. The average Bonchev–Trinajstić information content (AvgIpc) is 3.11. The molecule has 0 amide bonds. The summed E-state index contributed by atoms with van der Waals surface area (Å²) in [7, 11) is 0. The van der Waals surface area contributed by atoms with Crippen molar-refractivity contribution in [1.82, 2.24) is 20.5 Å². The smallest absolute Gasteiger partial charge is 0.315 e. The zero-order valence-electron chi connectivity index (χ0n) is 12.1. The third-order valence-electron chi connectivity index (χ3n) is 2.85. The number of nitrogens with one attached hydrogen (secondary N) is 2. The first-order valence-electron chi connectivity index (χ1n) is 6.97. The van der Waals surface area contributed by atoms with Gasteiger partial charge in [-0.05, 0) is 26.3 Å². The molecule has 1 atom stereocenters. The highest BCUT2D eigenvalue weighted by Crippen LogP contribution is 2.17. The molecule has 0 aromatic carbocycles. The van der Waals surface area contributed by atoms with Crippen LogP contribution in [-0.2, 0) is 13.0 Å². The predicted octanol–water partition coefficient (Wildman–Crippen LogP) is 2.76. The van der Waals surface area contributed by atoms with Gasteiger partial charge < -0.3 is 15.1 Å². The van der Waals surface area contributed by atoms with Crippen molar-refractivity contribution >= 4 is 17.4 Å². The first kappa shape index (κ1) is 14.9. The molecule has 2 rings (SSSR count). The largest absolute Gasteiger partial charge is 0.406 e. The first-order valence-corrected chi connectivity index (χ1v) is 7.78. The maximum atomic E-state index is 5.58. The highest BCUT2D eigenvalue weighted by atomic mass is 32.1. The van der Waals surface area contributed by atoms with Crippen LogP contribution in [-0.4, -0.2) is 21.7 Å². The standard InChI is InChI=1S/C13H21N5OS/c1-4-6-14-9(3)12-17-18-13(19-12)16-8-11-15-7-10(5-2)20-11/h7,9,14H,4-6,8H2,1-3H3,(H,16,18). The molecule has 6 nitrogen and oxygen atoms in total. The van der Waals surface area contributed by atoms with E-state index in [1.807, 2.05) is 13.1 Å². The van der Waals surface area contributed by atoms with Crippen LogP contribution in [0.15, 0.2) is 10.6 Å². The molecule has 0 radical (unpaired) electrons. The van der Waals surface area contributed by atoms with Gasteiger partial charge in [0.2, 0.25) is 5.89 Å². The zero-order valence-corrected chi connectivity index (χ0v) is 13.0. The Morgan fingerprint density at radius 3 is 2.90 bits per heavy atom. The van der Waals surface area contributed by atoms with Crippen LogP contribution in [0.2, 0.25) is 0 Å². The Kier molecular flexibility index (Phi) is 5.49. The highest BCUT2D eigenvalue weighted by Gasteiger charge is 2.13. The lowest BCUT2D eigenvalue weighted by atomic mass is 10.3. The molecule has 7 heteroatoms. The molecule has 110 valence electrons. The van der Waals surface area contributed by atoms with E-state index in [-0.39, 0.29) is 6.04 Å². The molecule has 0 aliphatic rings. The number of anilines is 1. The van der Waals surface area contributed by atoms with E-state index in [4.69, 9.17) is 4.42 Å². The van der Waals surface area contributed by atoms with Gasteiger partial charge in [-0.3, -0.25) is 0 Å². The van der Waals surface area contributed by atoms with Gasteiger partial charge in [0, 0.05) is 11.1 Å². The van der Waals surface area contributed by atoms with E-state index in [0.717, 1.165) is 24.4 Å². The number of rotatable bonds is 8. The van der Waals surface area contributed by atoms with E-state index in [9.17, 15) is 0 Å². The second-order valence-corrected chi connectivity index (χ2v) is 5.75. The van der Waals surface area contributed by atoms with Crippen LogP contribution in [0.5, 0.6) is 0 Å². The molecule has 0 bridgehead atoms. The van der Waals surface area contributed by atoms with Crippen LogP contribution in [0.1, 0.15) is 49.0 Å². The van der Waals surface area contributed by atoms with E-state index >= 15 is 0 Å². The first-order chi connectivity index (χ1) is 9.72. The molecule has 0 saturated carbocycles. The van der Waals surface area contributed by atoms with E-state index < -0.39 is 0 Å². The summed E-state index contributed by atoms with van der Waals surface area (Å²) < 4.78 is 5.58. The van der Waals surface area contributed by atoms with Crippen molar-refractivity contribution in [2.24, 2.45) is 0 Å². The van der Waals surface area contributed by atoms with Gasteiger partial charge in [0.15, 0.2) is 0 Å². The Morgan fingerprint density at radius 1 is 1.35 bits per heavy atom. The molecule has 0 aliphatic carbocycles. The van der Waals surface area contributed by atoms with Crippen LogP contribution in [0, 0.1) is 0 Å². The summed E-state index contributed by atoms with van der Waals surface area (Å²) in [5, 5.41) is 15.5. The predicted molar refractivity (Wildman–Crippen MR) is 79.8 cm³/mol. The number of hydrogen-bond donors (Lipinski definition) is 2. The van der Waals surface area contributed by atoms with E-state index in [2.05, 4.69) is 39.7 Å². The number of nitrogens with zero attached hydrogens (tertiary/aromatic N) is 3. The maximum absolute atomic E-state index is 5.58. The Bertz CT molecular complexity index is 524. The van der Waals surface area contributed by atoms with Crippen molar-refractivity contribution in [3.8, 4) is 0 Å². The van der Waals surface area contributed by atoms with Crippen molar-refractivity contribution in [2.45, 2.75) is 46.2 Å². The van der Waals surface area contributed by atoms with Crippen molar-refractivity contribution < 1.29 is 4.42 Å². The van der Waals surface area contributed by atoms with Crippen molar-refractivity contribution in [1.29, 1.82) is 0 Å². The monoisotopic (exact) mass is 295 g/mol. The second kappa shape index (κ2) is 7.35.